The van der Waals surface area contributed by atoms with Gasteiger partial charge in [0.1, 0.15) is 23.9 Å². The highest BCUT2D eigenvalue weighted by atomic mass is 16.5. The highest BCUT2D eigenvalue weighted by Crippen LogP contribution is 2.22. The summed E-state index contributed by atoms with van der Waals surface area (Å²) in [5.41, 5.74) is 6.34. The highest BCUT2D eigenvalue weighted by Gasteiger charge is 2.11. The number of nitrogens with one attached hydrogen (secondary N) is 1. The van der Waals surface area contributed by atoms with Gasteiger partial charge in [0.15, 0.2) is 0 Å². The smallest absolute Gasteiger partial charge is 0.255 e. The number of nitrogens with two attached hydrogens (primary N) is 1. The summed E-state index contributed by atoms with van der Waals surface area (Å²) in [6.07, 6.45) is 0. The fourth-order valence-corrected chi connectivity index (χ4v) is 1.74. The molecule has 0 heterocycles. The van der Waals surface area contributed by atoms with Crippen molar-refractivity contribution in [1.82, 2.24) is 5.32 Å². The van der Waals surface area contributed by atoms with E-state index in [0.29, 0.717) is 11.4 Å². The van der Waals surface area contributed by atoms with Gasteiger partial charge in [-0.2, -0.15) is 0 Å². The maximum absolute atomic E-state index is 11.8. The molecule has 0 bridgehead atoms. The Bertz CT molecular complexity index is 643. The second-order valence-corrected chi connectivity index (χ2v) is 4.34. The number of ether oxygens (including phenoxy) is 1. The second-order valence-electron chi connectivity index (χ2n) is 4.34. The number of benzene rings is 2. The predicted molar refractivity (Wildman–Crippen MR) is 78.5 cm³/mol. The molecule has 0 saturated heterocycles. The first kappa shape index (κ1) is 14.5. The Morgan fingerprint density at radius 1 is 1.19 bits per heavy atom. The number of nitrogen functional groups attached to an aromatic ring is 1. The quantitative estimate of drug-likeness (QED) is 0.493. The molecule has 1 amide bonds. The lowest BCUT2D eigenvalue weighted by Crippen LogP contribution is -2.28. The lowest BCUT2D eigenvalue weighted by molar-refractivity contribution is 0.0944. The van der Waals surface area contributed by atoms with Crippen LogP contribution in [0.3, 0.4) is 0 Å². The van der Waals surface area contributed by atoms with Gasteiger partial charge in [0.25, 0.3) is 5.91 Å². The molecule has 5 N–H and O–H groups in total. The van der Waals surface area contributed by atoms with E-state index in [1.54, 1.807) is 24.3 Å². The van der Waals surface area contributed by atoms with Crippen LogP contribution in [0.15, 0.2) is 42.5 Å². The van der Waals surface area contributed by atoms with Gasteiger partial charge in [-0.15, -0.1) is 0 Å². The Kier molecular flexibility index (Phi) is 4.50. The van der Waals surface area contributed by atoms with Crippen molar-refractivity contribution in [1.29, 1.82) is 0 Å². The molecule has 0 unspecified atom stereocenters. The molecule has 0 radical (unpaired) electrons. The molecule has 0 aromatic heterocycles. The standard InChI is InChI=1S/C15H16N2O4/c16-12-3-1-2-4-14(12)21-8-7-17-15(20)11-6-5-10(18)9-13(11)19/h1-6,9,18-19H,7-8,16H2,(H,17,20). The normalized spacial score (nSPS) is 10.1. The number of carbonyl (C=O) groups excluding carboxylic acids is 1. The molecule has 0 aliphatic carbocycles. The van der Waals surface area contributed by atoms with Crippen molar-refractivity contribution in [2.75, 3.05) is 18.9 Å². The zero-order chi connectivity index (χ0) is 15.2. The van der Waals surface area contributed by atoms with Crippen LogP contribution in [-0.4, -0.2) is 29.3 Å². The van der Waals surface area contributed by atoms with Gasteiger partial charge < -0.3 is 26.0 Å². The second kappa shape index (κ2) is 6.51. The minimum Gasteiger partial charge on any atom is -0.508 e. The van der Waals surface area contributed by atoms with E-state index in [9.17, 15) is 9.90 Å². The number of hydrogen-bond donors (Lipinski definition) is 4. The molecule has 0 aliphatic rings. The van der Waals surface area contributed by atoms with Gasteiger partial charge in [-0.3, -0.25) is 4.79 Å². The van der Waals surface area contributed by atoms with Gasteiger partial charge in [0, 0.05) is 6.07 Å². The van der Waals surface area contributed by atoms with E-state index in [1.807, 2.05) is 0 Å². The minimum absolute atomic E-state index is 0.0898. The molecule has 110 valence electrons. The molecule has 0 fully saturated rings. The maximum Gasteiger partial charge on any atom is 0.255 e. The van der Waals surface area contributed by atoms with Crippen molar-refractivity contribution < 1.29 is 19.7 Å². The van der Waals surface area contributed by atoms with E-state index in [4.69, 9.17) is 15.6 Å². The number of anilines is 1. The molecule has 0 spiro atoms. The molecule has 0 atom stereocenters. The third kappa shape index (κ3) is 3.79. The summed E-state index contributed by atoms with van der Waals surface area (Å²) in [6, 6.07) is 10.9. The number of hydrogen-bond acceptors (Lipinski definition) is 5. The molecule has 0 aliphatic heterocycles. The Hall–Kier alpha value is -2.89. The van der Waals surface area contributed by atoms with Gasteiger partial charge in [0.2, 0.25) is 0 Å². The Morgan fingerprint density at radius 2 is 1.95 bits per heavy atom. The monoisotopic (exact) mass is 288 g/mol. The number of aromatic hydroxyl groups is 2. The Balaban J connectivity index is 1.83. The molecule has 2 rings (SSSR count). The molecular formula is C15H16N2O4. The first-order chi connectivity index (χ1) is 10.1. The lowest BCUT2D eigenvalue weighted by Gasteiger charge is -2.10. The summed E-state index contributed by atoms with van der Waals surface area (Å²) in [4.78, 5) is 11.8. The van der Waals surface area contributed by atoms with Crippen LogP contribution >= 0.6 is 0 Å². The van der Waals surface area contributed by atoms with Crippen molar-refractivity contribution in [3.63, 3.8) is 0 Å². The largest absolute Gasteiger partial charge is 0.508 e. The Morgan fingerprint density at radius 3 is 2.67 bits per heavy atom. The fourth-order valence-electron chi connectivity index (χ4n) is 1.74. The predicted octanol–water partition coefficient (Wildman–Crippen LogP) is 1.49. The van der Waals surface area contributed by atoms with E-state index in [0.717, 1.165) is 6.07 Å². The number of phenols is 2. The molecule has 2 aromatic carbocycles. The summed E-state index contributed by atoms with van der Waals surface area (Å²) in [6.45, 7) is 0.506. The van der Waals surface area contributed by atoms with Crippen molar-refractivity contribution in [2.45, 2.75) is 0 Å². The van der Waals surface area contributed by atoms with Crippen molar-refractivity contribution >= 4 is 11.6 Å². The summed E-state index contributed by atoms with van der Waals surface area (Å²) < 4.78 is 5.43. The van der Waals surface area contributed by atoms with Crippen molar-refractivity contribution in [2.24, 2.45) is 0 Å². The van der Waals surface area contributed by atoms with E-state index >= 15 is 0 Å². The number of phenolic OH excluding ortho intramolecular Hbond substituents is 2. The Labute approximate surface area is 121 Å². The van der Waals surface area contributed by atoms with E-state index in [-0.39, 0.29) is 30.2 Å². The zero-order valence-electron chi connectivity index (χ0n) is 11.2. The van der Waals surface area contributed by atoms with Gasteiger partial charge in [-0.05, 0) is 24.3 Å². The van der Waals surface area contributed by atoms with Gasteiger partial charge in [0.05, 0.1) is 17.8 Å². The number of amides is 1. The third-order valence-electron chi connectivity index (χ3n) is 2.79. The topological polar surface area (TPSA) is 105 Å². The highest BCUT2D eigenvalue weighted by molar-refractivity contribution is 5.96. The van der Waals surface area contributed by atoms with E-state index in [2.05, 4.69) is 5.32 Å². The summed E-state index contributed by atoms with van der Waals surface area (Å²) in [7, 11) is 0. The summed E-state index contributed by atoms with van der Waals surface area (Å²) in [5.74, 6) is -0.274. The fraction of sp³-hybridized carbons (Fsp3) is 0.133. The van der Waals surface area contributed by atoms with Gasteiger partial charge >= 0.3 is 0 Å². The molecule has 2 aromatic rings. The molecular weight excluding hydrogens is 272 g/mol. The zero-order valence-corrected chi connectivity index (χ0v) is 11.2. The van der Waals surface area contributed by atoms with Gasteiger partial charge in [-0.25, -0.2) is 0 Å². The summed E-state index contributed by atoms with van der Waals surface area (Å²) >= 11 is 0. The molecule has 21 heavy (non-hydrogen) atoms. The van der Waals surface area contributed by atoms with Crippen LogP contribution in [0.25, 0.3) is 0 Å². The lowest BCUT2D eigenvalue weighted by atomic mass is 10.2. The number of rotatable bonds is 5. The number of carbonyl (C=O) groups is 1. The van der Waals surface area contributed by atoms with Crippen molar-refractivity contribution in [3.8, 4) is 17.2 Å². The number of para-hydroxylation sites is 2. The molecule has 6 nitrogen and oxygen atoms in total. The first-order valence-corrected chi connectivity index (χ1v) is 6.35. The van der Waals surface area contributed by atoms with Crippen LogP contribution in [0.5, 0.6) is 17.2 Å². The van der Waals surface area contributed by atoms with Crippen LogP contribution < -0.4 is 15.8 Å². The first-order valence-electron chi connectivity index (χ1n) is 6.35. The average molecular weight is 288 g/mol. The van der Waals surface area contributed by atoms with Crippen LogP contribution in [-0.2, 0) is 0 Å². The van der Waals surface area contributed by atoms with E-state index in [1.165, 1.54) is 12.1 Å². The van der Waals surface area contributed by atoms with Crippen LogP contribution in [0.4, 0.5) is 5.69 Å². The van der Waals surface area contributed by atoms with Crippen LogP contribution in [0.1, 0.15) is 10.4 Å². The van der Waals surface area contributed by atoms with Crippen LogP contribution in [0, 0.1) is 0 Å². The van der Waals surface area contributed by atoms with E-state index < -0.39 is 5.91 Å². The van der Waals surface area contributed by atoms with Crippen LogP contribution in [0.2, 0.25) is 0 Å². The summed E-state index contributed by atoms with van der Waals surface area (Å²) in [5, 5.41) is 21.3. The van der Waals surface area contributed by atoms with Gasteiger partial charge in [-0.1, -0.05) is 12.1 Å². The third-order valence-corrected chi connectivity index (χ3v) is 2.79. The molecule has 6 heteroatoms. The average Bonchev–Trinajstić information content (AvgIpc) is 2.45. The maximum atomic E-state index is 11.8. The minimum atomic E-state index is -0.447. The molecule has 0 saturated carbocycles. The van der Waals surface area contributed by atoms with Crippen molar-refractivity contribution in [3.05, 3.63) is 48.0 Å². The SMILES string of the molecule is Nc1ccccc1OCCNC(=O)c1ccc(O)cc1O.